The molecule has 1 saturated heterocycles. The predicted molar refractivity (Wildman–Crippen MR) is 89.3 cm³/mol. The zero-order valence-electron chi connectivity index (χ0n) is 13.4. The van der Waals surface area contributed by atoms with E-state index < -0.39 is 0 Å². The fourth-order valence-electron chi connectivity index (χ4n) is 4.11. The highest BCUT2D eigenvalue weighted by Gasteiger charge is 2.27. The molecule has 21 heavy (non-hydrogen) atoms. The van der Waals surface area contributed by atoms with Crippen LogP contribution in [0, 0.1) is 5.92 Å². The van der Waals surface area contributed by atoms with Gasteiger partial charge < -0.3 is 5.32 Å². The van der Waals surface area contributed by atoms with E-state index in [1.807, 2.05) is 0 Å². The van der Waals surface area contributed by atoms with Crippen LogP contribution in [0.1, 0.15) is 51.0 Å². The third-order valence-electron chi connectivity index (χ3n) is 5.34. The number of likely N-dealkylation sites (tertiary alicyclic amines) is 1. The zero-order valence-corrected chi connectivity index (χ0v) is 13.4. The number of hydrogen-bond donors (Lipinski definition) is 1. The van der Waals surface area contributed by atoms with Crippen molar-refractivity contribution in [2.24, 2.45) is 5.92 Å². The van der Waals surface area contributed by atoms with Crippen LogP contribution < -0.4 is 5.32 Å². The maximum absolute atomic E-state index is 3.96. The molecule has 0 amide bonds. The van der Waals surface area contributed by atoms with Gasteiger partial charge in [-0.15, -0.1) is 0 Å². The summed E-state index contributed by atoms with van der Waals surface area (Å²) in [4.78, 5) is 2.63. The van der Waals surface area contributed by atoms with Crippen LogP contribution in [0.2, 0.25) is 0 Å². The Kier molecular flexibility index (Phi) is 5.32. The summed E-state index contributed by atoms with van der Waals surface area (Å²) in [6.45, 7) is 5.94. The Morgan fingerprint density at radius 3 is 2.71 bits per heavy atom. The summed E-state index contributed by atoms with van der Waals surface area (Å²) < 4.78 is 0. The second-order valence-electron chi connectivity index (χ2n) is 7.01. The molecule has 116 valence electrons. The maximum atomic E-state index is 3.96. The van der Waals surface area contributed by atoms with Crippen LogP contribution in [0.5, 0.6) is 0 Å². The number of nitrogens with zero attached hydrogens (tertiary/aromatic N) is 1. The van der Waals surface area contributed by atoms with Gasteiger partial charge in [0.05, 0.1) is 0 Å². The molecular weight excluding hydrogens is 256 g/mol. The molecule has 0 spiro atoms. The van der Waals surface area contributed by atoms with Crippen molar-refractivity contribution >= 4 is 0 Å². The summed E-state index contributed by atoms with van der Waals surface area (Å²) in [5, 5.41) is 3.96. The molecule has 2 nitrogen and oxygen atoms in total. The van der Waals surface area contributed by atoms with Gasteiger partial charge in [-0.3, -0.25) is 4.90 Å². The molecular formula is C19H30N2. The van der Waals surface area contributed by atoms with Crippen molar-refractivity contribution in [2.45, 2.75) is 64.1 Å². The van der Waals surface area contributed by atoms with Gasteiger partial charge in [-0.2, -0.15) is 0 Å². The third-order valence-corrected chi connectivity index (χ3v) is 5.34. The fraction of sp³-hybridized carbons (Fsp3) is 0.684. The first kappa shape index (κ1) is 15.1. The number of rotatable bonds is 5. The van der Waals surface area contributed by atoms with Gasteiger partial charge in [0.25, 0.3) is 0 Å². The summed E-state index contributed by atoms with van der Waals surface area (Å²) in [5.41, 5.74) is 1.45. The van der Waals surface area contributed by atoms with E-state index in [1.54, 1.807) is 0 Å². The van der Waals surface area contributed by atoms with Gasteiger partial charge in [-0.1, -0.05) is 43.7 Å². The molecule has 1 heterocycles. The quantitative estimate of drug-likeness (QED) is 0.885. The normalized spacial score (nSPS) is 30.6. The molecule has 1 N–H and O–H groups in total. The average Bonchev–Trinajstić information content (AvgIpc) is 2.96. The summed E-state index contributed by atoms with van der Waals surface area (Å²) >= 11 is 0. The van der Waals surface area contributed by atoms with Crippen LogP contribution in [-0.2, 0) is 6.54 Å². The molecule has 0 radical (unpaired) electrons. The largest absolute Gasteiger partial charge is 0.310 e. The van der Waals surface area contributed by atoms with Crippen molar-refractivity contribution in [2.75, 3.05) is 13.1 Å². The molecule has 2 heteroatoms. The van der Waals surface area contributed by atoms with E-state index in [0.717, 1.165) is 18.5 Å². The first-order chi connectivity index (χ1) is 10.3. The van der Waals surface area contributed by atoms with Crippen molar-refractivity contribution in [3.8, 4) is 0 Å². The Morgan fingerprint density at radius 2 is 1.95 bits per heavy atom. The van der Waals surface area contributed by atoms with Crippen LogP contribution >= 0.6 is 0 Å². The van der Waals surface area contributed by atoms with E-state index in [9.17, 15) is 0 Å². The van der Waals surface area contributed by atoms with E-state index >= 15 is 0 Å². The first-order valence-electron chi connectivity index (χ1n) is 8.86. The smallest absolute Gasteiger partial charge is 0.0234 e. The van der Waals surface area contributed by atoms with Crippen molar-refractivity contribution < 1.29 is 0 Å². The molecule has 2 aliphatic rings. The molecule has 3 atom stereocenters. The van der Waals surface area contributed by atoms with Gasteiger partial charge in [-0.25, -0.2) is 0 Å². The second-order valence-corrected chi connectivity index (χ2v) is 7.01. The van der Waals surface area contributed by atoms with Gasteiger partial charge in [0.15, 0.2) is 0 Å². The van der Waals surface area contributed by atoms with Crippen LogP contribution in [0.4, 0.5) is 0 Å². The van der Waals surface area contributed by atoms with Crippen molar-refractivity contribution in [1.29, 1.82) is 0 Å². The fourth-order valence-corrected chi connectivity index (χ4v) is 4.11. The zero-order chi connectivity index (χ0) is 14.5. The van der Waals surface area contributed by atoms with Crippen LogP contribution in [0.15, 0.2) is 30.3 Å². The third kappa shape index (κ3) is 4.31. The predicted octanol–water partition coefficient (Wildman–Crippen LogP) is 3.82. The highest BCUT2D eigenvalue weighted by atomic mass is 15.2. The Bertz CT molecular complexity index is 417. The van der Waals surface area contributed by atoms with Gasteiger partial charge in [0, 0.05) is 25.2 Å². The number of hydrogen-bond acceptors (Lipinski definition) is 2. The number of piperidine rings is 1. The lowest BCUT2D eigenvalue weighted by Crippen LogP contribution is -2.48. The first-order valence-corrected chi connectivity index (χ1v) is 8.86. The molecule has 1 aromatic carbocycles. The molecule has 1 aromatic rings. The van der Waals surface area contributed by atoms with E-state index in [1.165, 1.54) is 57.2 Å². The van der Waals surface area contributed by atoms with E-state index in [-0.39, 0.29) is 0 Å². The molecule has 3 rings (SSSR count). The molecule has 0 aromatic heterocycles. The Balaban J connectivity index is 1.47. The molecule has 0 bridgehead atoms. The summed E-state index contributed by atoms with van der Waals surface area (Å²) in [7, 11) is 0. The molecule has 1 saturated carbocycles. The van der Waals surface area contributed by atoms with Crippen molar-refractivity contribution in [3.63, 3.8) is 0 Å². The van der Waals surface area contributed by atoms with E-state index in [2.05, 4.69) is 47.5 Å². The van der Waals surface area contributed by atoms with Crippen molar-refractivity contribution in [1.82, 2.24) is 10.2 Å². The Morgan fingerprint density at radius 1 is 1.10 bits per heavy atom. The molecule has 2 fully saturated rings. The Hall–Kier alpha value is -0.860. The highest BCUT2D eigenvalue weighted by Crippen LogP contribution is 2.28. The molecule has 1 aliphatic heterocycles. The summed E-state index contributed by atoms with van der Waals surface area (Å²) in [6.07, 6.45) is 8.31. The second kappa shape index (κ2) is 7.42. The van der Waals surface area contributed by atoms with Crippen LogP contribution in [0.25, 0.3) is 0 Å². The average molecular weight is 286 g/mol. The minimum atomic E-state index is 0.711. The molecule has 3 unspecified atom stereocenters. The van der Waals surface area contributed by atoms with Gasteiger partial charge in [0.1, 0.15) is 0 Å². The molecule has 1 aliphatic carbocycles. The lowest BCUT2D eigenvalue weighted by molar-refractivity contribution is 0.175. The minimum Gasteiger partial charge on any atom is -0.310 e. The van der Waals surface area contributed by atoms with Gasteiger partial charge >= 0.3 is 0 Å². The topological polar surface area (TPSA) is 15.3 Å². The lowest BCUT2D eigenvalue weighted by Gasteiger charge is -2.35. The Labute approximate surface area is 129 Å². The van der Waals surface area contributed by atoms with Crippen LogP contribution in [-0.4, -0.2) is 30.1 Å². The lowest BCUT2D eigenvalue weighted by atomic mass is 10.0. The SMILES string of the molecule is CCC1CCC(NC2CCCN(Cc3ccccc3)C2)C1. The van der Waals surface area contributed by atoms with Gasteiger partial charge in [0.2, 0.25) is 0 Å². The standard InChI is InChI=1S/C19H30N2/c1-2-16-10-11-18(13-16)20-19-9-6-12-21(15-19)14-17-7-4-3-5-8-17/h3-5,7-8,16,18-20H,2,6,9-15H2,1H3. The van der Waals surface area contributed by atoms with Gasteiger partial charge in [-0.05, 0) is 50.1 Å². The number of benzene rings is 1. The monoisotopic (exact) mass is 286 g/mol. The maximum Gasteiger partial charge on any atom is 0.0234 e. The highest BCUT2D eigenvalue weighted by molar-refractivity contribution is 5.14. The summed E-state index contributed by atoms with van der Waals surface area (Å²) in [5.74, 6) is 0.978. The van der Waals surface area contributed by atoms with E-state index in [4.69, 9.17) is 0 Å². The number of nitrogens with one attached hydrogen (secondary N) is 1. The van der Waals surface area contributed by atoms with E-state index in [0.29, 0.717) is 6.04 Å². The summed E-state index contributed by atoms with van der Waals surface area (Å²) in [6, 6.07) is 12.4. The van der Waals surface area contributed by atoms with Crippen molar-refractivity contribution in [3.05, 3.63) is 35.9 Å². The van der Waals surface area contributed by atoms with Crippen LogP contribution in [0.3, 0.4) is 0 Å². The minimum absolute atomic E-state index is 0.711.